The fourth-order valence-corrected chi connectivity index (χ4v) is 9.23. The summed E-state index contributed by atoms with van der Waals surface area (Å²) in [7, 11) is 3.45. The third-order valence-electron chi connectivity index (χ3n) is 9.54. The number of methoxy groups -OCH3 is 1. The summed E-state index contributed by atoms with van der Waals surface area (Å²) in [5, 5.41) is 21.9. The number of rotatable bonds is 2. The number of nitriles is 1. The lowest BCUT2D eigenvalue weighted by Gasteiger charge is -2.61. The van der Waals surface area contributed by atoms with Crippen molar-refractivity contribution in [1.82, 2.24) is 9.80 Å². The monoisotopic (exact) mass is 621 g/mol. The number of carbonyl (C=O) groups is 3. The molecular formula is C31H31N3O9S. The summed E-state index contributed by atoms with van der Waals surface area (Å²) < 4.78 is 29.0. The van der Waals surface area contributed by atoms with Crippen LogP contribution in [0, 0.1) is 25.2 Å². The second kappa shape index (κ2) is 10.3. The lowest BCUT2D eigenvalue weighted by Crippen LogP contribution is -2.69. The van der Waals surface area contributed by atoms with Gasteiger partial charge in [-0.2, -0.15) is 5.26 Å². The quantitative estimate of drug-likeness (QED) is 0.298. The highest BCUT2D eigenvalue weighted by Gasteiger charge is 2.60. The number of Topliss-reactive ketones (excluding diaryl/α,β-unsaturated/α-hetero) is 1. The maximum atomic E-state index is 12.9. The average molecular weight is 622 g/mol. The summed E-state index contributed by atoms with van der Waals surface area (Å²) in [4.78, 5) is 42.3. The van der Waals surface area contributed by atoms with Gasteiger partial charge in [-0.15, -0.1) is 11.8 Å². The molecule has 0 aromatic heterocycles. The van der Waals surface area contributed by atoms with Crippen LogP contribution in [0.25, 0.3) is 0 Å². The second-order valence-electron chi connectivity index (χ2n) is 11.8. The number of cyclic esters (lactones) is 1. The van der Waals surface area contributed by atoms with Crippen LogP contribution >= 0.6 is 11.8 Å². The largest absolute Gasteiger partial charge is 0.504 e. The molecule has 4 bridgehead atoms. The highest BCUT2D eigenvalue weighted by atomic mass is 32.2. The van der Waals surface area contributed by atoms with Crippen molar-refractivity contribution in [2.45, 2.75) is 62.7 Å². The van der Waals surface area contributed by atoms with Crippen LogP contribution in [0.3, 0.4) is 0 Å². The summed E-state index contributed by atoms with van der Waals surface area (Å²) >= 11 is 1.22. The summed E-state index contributed by atoms with van der Waals surface area (Å²) in [5.41, 5.74) is 4.16. The Bertz CT molecular complexity index is 1690. The number of aromatic hydroxyl groups is 1. The molecule has 2 saturated heterocycles. The van der Waals surface area contributed by atoms with E-state index in [1.54, 1.807) is 6.92 Å². The van der Waals surface area contributed by atoms with Gasteiger partial charge in [-0.1, -0.05) is 6.07 Å². The number of piperazine rings is 1. The van der Waals surface area contributed by atoms with Gasteiger partial charge in [-0.25, -0.2) is 4.79 Å². The number of hydrogen-bond acceptors (Lipinski definition) is 13. The molecule has 5 heterocycles. The van der Waals surface area contributed by atoms with E-state index in [2.05, 4.69) is 15.9 Å². The predicted octanol–water partition coefficient (Wildman–Crippen LogP) is 2.80. The Hall–Kier alpha value is -3.99. The minimum absolute atomic E-state index is 0.0240. The third-order valence-corrected chi connectivity index (χ3v) is 10.8. The van der Waals surface area contributed by atoms with Gasteiger partial charge in [-0.3, -0.25) is 19.4 Å². The molecule has 0 spiro atoms. The molecule has 0 aliphatic carbocycles. The molecule has 2 aromatic rings. The van der Waals surface area contributed by atoms with Crippen molar-refractivity contribution >= 4 is 29.5 Å². The van der Waals surface area contributed by atoms with Crippen molar-refractivity contribution in [3.8, 4) is 34.8 Å². The van der Waals surface area contributed by atoms with Gasteiger partial charge in [0.25, 0.3) is 0 Å². The summed E-state index contributed by atoms with van der Waals surface area (Å²) in [6.45, 7) is 4.65. The second-order valence-corrected chi connectivity index (χ2v) is 12.9. The number of ketones is 1. The summed E-state index contributed by atoms with van der Waals surface area (Å²) in [5.74, 6) is -0.855. The molecule has 0 radical (unpaired) electrons. The molecule has 0 saturated carbocycles. The third kappa shape index (κ3) is 3.87. The van der Waals surface area contributed by atoms with E-state index in [1.165, 1.54) is 25.8 Å². The number of aryl methyl sites for hydroxylation is 1. The molecule has 5 aliphatic rings. The first-order chi connectivity index (χ1) is 21.1. The zero-order chi connectivity index (χ0) is 31.2. The zero-order valence-corrected chi connectivity index (χ0v) is 25.6. The van der Waals surface area contributed by atoms with Crippen LogP contribution in [0.4, 0.5) is 0 Å². The van der Waals surface area contributed by atoms with Crippen LogP contribution < -0.4 is 18.9 Å². The van der Waals surface area contributed by atoms with Gasteiger partial charge in [0, 0.05) is 41.3 Å². The van der Waals surface area contributed by atoms with Crippen LogP contribution in [0.1, 0.15) is 57.6 Å². The Morgan fingerprint density at radius 1 is 1.14 bits per heavy atom. The first-order valence-electron chi connectivity index (χ1n) is 14.3. The minimum Gasteiger partial charge on any atom is -0.504 e. The molecule has 2 aromatic carbocycles. The minimum atomic E-state index is -0.949. The van der Waals surface area contributed by atoms with Gasteiger partial charge in [-0.05, 0) is 38.4 Å². The lowest BCUT2D eigenvalue weighted by atomic mass is 9.71. The normalized spacial score (nSPS) is 28.7. The van der Waals surface area contributed by atoms with E-state index >= 15 is 0 Å². The molecule has 13 heteroatoms. The van der Waals surface area contributed by atoms with Crippen molar-refractivity contribution in [2.24, 2.45) is 0 Å². The first kappa shape index (κ1) is 28.8. The van der Waals surface area contributed by atoms with Crippen molar-refractivity contribution in [3.05, 3.63) is 39.4 Å². The summed E-state index contributed by atoms with van der Waals surface area (Å²) in [6, 6.07) is 1.81. The van der Waals surface area contributed by atoms with E-state index in [0.717, 1.165) is 11.1 Å². The van der Waals surface area contributed by atoms with E-state index in [-0.39, 0.29) is 30.9 Å². The molecule has 12 nitrogen and oxygen atoms in total. The Kier molecular flexibility index (Phi) is 6.73. The molecular weight excluding hydrogens is 590 g/mol. The Balaban J connectivity index is 1.57. The number of nitrogens with zero attached hydrogens (tertiary/aromatic N) is 3. The van der Waals surface area contributed by atoms with Crippen LogP contribution in [0.5, 0.6) is 28.7 Å². The maximum absolute atomic E-state index is 12.9. The summed E-state index contributed by atoms with van der Waals surface area (Å²) in [6.07, 6.45) is 0.488. The Labute approximate surface area is 257 Å². The lowest BCUT2D eigenvalue weighted by molar-refractivity contribution is -0.157. The number of esters is 2. The smallest absolute Gasteiger partial charge is 0.375 e. The molecule has 2 unspecified atom stereocenters. The van der Waals surface area contributed by atoms with Gasteiger partial charge in [0.05, 0.1) is 36.3 Å². The number of ether oxygens (including phenoxy) is 5. The van der Waals surface area contributed by atoms with Gasteiger partial charge < -0.3 is 28.8 Å². The molecule has 0 amide bonds. The SMILES string of the molecule is COc1c(C)cc2c(c1O)C1[C@@H]3[C@H]4SCC(=O)C(=O)OC[C@@H](c5c6c(c(C)c(OC(C)=O)c54)OCO6)N3[C@@H](C#N)C(C2)N1C. The van der Waals surface area contributed by atoms with Crippen LogP contribution in [-0.4, -0.2) is 84.1 Å². The van der Waals surface area contributed by atoms with Crippen LogP contribution in [-0.2, 0) is 25.5 Å². The Morgan fingerprint density at radius 3 is 2.59 bits per heavy atom. The standard InChI is InChI=1S/C31H31N3O9S/c1-12-6-15-7-16-17(8-32)34-18-9-40-31(38)19(36)10-44-30(24(34)23(33(16)4)20(15)25(37)26(12)39-5)22-21(18)29-28(41-11-42-29)13(2)27(22)43-14(3)35/h6,16-18,23-24,30,37H,7,9-11H2,1-5H3/t16?,17-,18-,23?,24+,30-/m0/s1. The van der Waals surface area contributed by atoms with E-state index in [1.807, 2.05) is 20.0 Å². The molecule has 44 heavy (non-hydrogen) atoms. The van der Waals surface area contributed by atoms with Crippen LogP contribution in [0.15, 0.2) is 6.07 Å². The molecule has 6 atom stereocenters. The fraction of sp³-hybridized carbons (Fsp3) is 0.484. The van der Waals surface area contributed by atoms with E-state index in [4.69, 9.17) is 23.7 Å². The first-order valence-corrected chi connectivity index (χ1v) is 15.4. The van der Waals surface area contributed by atoms with Gasteiger partial charge in [0.15, 0.2) is 23.0 Å². The van der Waals surface area contributed by atoms with E-state index in [0.29, 0.717) is 51.7 Å². The van der Waals surface area contributed by atoms with Gasteiger partial charge in [0.2, 0.25) is 12.6 Å². The highest BCUT2D eigenvalue weighted by Crippen LogP contribution is 2.63. The molecule has 7 rings (SSSR count). The van der Waals surface area contributed by atoms with Gasteiger partial charge in [0.1, 0.15) is 18.4 Å². The van der Waals surface area contributed by atoms with Crippen molar-refractivity contribution in [1.29, 1.82) is 5.26 Å². The number of carbonyl (C=O) groups excluding carboxylic acids is 3. The Morgan fingerprint density at radius 2 is 1.89 bits per heavy atom. The van der Waals surface area contributed by atoms with E-state index in [9.17, 15) is 24.8 Å². The molecule has 230 valence electrons. The fourth-order valence-electron chi connectivity index (χ4n) is 7.90. The molecule has 2 fully saturated rings. The highest BCUT2D eigenvalue weighted by molar-refractivity contribution is 8.00. The van der Waals surface area contributed by atoms with Crippen molar-refractivity contribution < 1.29 is 43.2 Å². The number of thioether (sulfide) groups is 1. The number of benzene rings is 2. The number of likely N-dealkylation sites (N-methyl/N-ethyl adjacent to an activating group) is 1. The number of fused-ring (bicyclic) bond motifs is 9. The number of phenolic OH excluding ortho intramolecular Hbond substituents is 1. The maximum Gasteiger partial charge on any atom is 0.375 e. The predicted molar refractivity (Wildman–Crippen MR) is 155 cm³/mol. The number of hydrogen-bond donors (Lipinski definition) is 1. The molecule has 5 aliphatic heterocycles. The van der Waals surface area contributed by atoms with Crippen LogP contribution in [0.2, 0.25) is 0 Å². The van der Waals surface area contributed by atoms with Gasteiger partial charge >= 0.3 is 11.9 Å². The topological polar surface area (TPSA) is 148 Å². The van der Waals surface area contributed by atoms with Crippen molar-refractivity contribution in [2.75, 3.05) is 33.3 Å². The van der Waals surface area contributed by atoms with Crippen molar-refractivity contribution in [3.63, 3.8) is 0 Å². The average Bonchev–Trinajstić information content (AvgIpc) is 3.47. The number of phenols is 1. The van der Waals surface area contributed by atoms with E-state index < -0.39 is 47.1 Å². The molecule has 1 N–H and O–H groups in total. The zero-order valence-electron chi connectivity index (χ0n) is 24.8.